The molecule has 6 nitrogen and oxygen atoms in total. The van der Waals surface area contributed by atoms with Crippen molar-refractivity contribution in [3.05, 3.63) is 45.2 Å². The van der Waals surface area contributed by atoms with Crippen molar-refractivity contribution in [3.63, 3.8) is 0 Å². The molecule has 160 valence electrons. The Hall–Kier alpha value is -2.25. The van der Waals surface area contributed by atoms with E-state index < -0.39 is 5.72 Å². The third kappa shape index (κ3) is 3.44. The van der Waals surface area contributed by atoms with Gasteiger partial charge in [-0.1, -0.05) is 26.8 Å². The Morgan fingerprint density at radius 1 is 1.43 bits per heavy atom. The second kappa shape index (κ2) is 7.78. The van der Waals surface area contributed by atoms with Crippen molar-refractivity contribution in [2.45, 2.75) is 65.6 Å². The third-order valence-corrected chi connectivity index (χ3v) is 7.10. The molecule has 0 unspecified atom stereocenters. The number of thiophene rings is 1. The molecular formula is C23H29N3O3S. The number of amides is 1. The van der Waals surface area contributed by atoms with Gasteiger partial charge in [0.25, 0.3) is 11.5 Å². The highest BCUT2D eigenvalue weighted by molar-refractivity contribution is 7.20. The quantitative estimate of drug-likeness (QED) is 0.596. The zero-order valence-electron chi connectivity index (χ0n) is 18.3. The molecule has 4 heterocycles. The number of carbonyl (C=O) groups excluding carboxylic acids is 1. The summed E-state index contributed by atoms with van der Waals surface area (Å²) in [6, 6.07) is 5.51. The van der Waals surface area contributed by atoms with Crippen molar-refractivity contribution in [1.82, 2.24) is 14.3 Å². The molecule has 1 aliphatic heterocycles. The number of ether oxygens (including phenoxy) is 1. The van der Waals surface area contributed by atoms with Gasteiger partial charge < -0.3 is 9.64 Å². The summed E-state index contributed by atoms with van der Waals surface area (Å²) in [6.45, 7) is 10.9. The number of carbonyl (C=O) groups is 1. The molecule has 2 atom stereocenters. The van der Waals surface area contributed by atoms with Crippen molar-refractivity contribution < 1.29 is 9.53 Å². The fourth-order valence-corrected chi connectivity index (χ4v) is 5.18. The lowest BCUT2D eigenvalue weighted by atomic mass is 9.99. The fraction of sp³-hybridized carbons (Fsp3) is 0.522. The van der Waals surface area contributed by atoms with Gasteiger partial charge in [-0.2, -0.15) is 0 Å². The van der Waals surface area contributed by atoms with Crippen LogP contribution in [0.25, 0.3) is 15.9 Å². The highest BCUT2D eigenvalue weighted by atomic mass is 32.1. The van der Waals surface area contributed by atoms with Crippen molar-refractivity contribution in [2.24, 2.45) is 5.92 Å². The van der Waals surface area contributed by atoms with E-state index in [2.05, 4.69) is 25.8 Å². The lowest BCUT2D eigenvalue weighted by Gasteiger charge is -2.36. The molecule has 3 aromatic heterocycles. The van der Waals surface area contributed by atoms with Crippen LogP contribution in [0, 0.1) is 12.8 Å². The minimum Gasteiger partial charge on any atom is -0.354 e. The van der Waals surface area contributed by atoms with Gasteiger partial charge in [-0.05, 0) is 56.7 Å². The van der Waals surface area contributed by atoms with Crippen LogP contribution in [-0.4, -0.2) is 38.6 Å². The Morgan fingerprint density at radius 3 is 2.90 bits per heavy atom. The number of aromatic nitrogens is 2. The van der Waals surface area contributed by atoms with E-state index >= 15 is 0 Å². The molecule has 0 N–H and O–H groups in total. The van der Waals surface area contributed by atoms with E-state index in [4.69, 9.17) is 4.74 Å². The smallest absolute Gasteiger partial charge is 0.266 e. The zero-order valence-corrected chi connectivity index (χ0v) is 19.1. The van der Waals surface area contributed by atoms with Crippen LogP contribution in [0.1, 0.15) is 62.2 Å². The Bertz CT molecular complexity index is 1170. The highest BCUT2D eigenvalue weighted by Gasteiger charge is 2.46. The predicted octanol–water partition coefficient (Wildman–Crippen LogP) is 4.62. The van der Waals surface area contributed by atoms with Gasteiger partial charge in [-0.25, -0.2) is 4.98 Å². The Balaban J connectivity index is 1.77. The molecule has 1 fully saturated rings. The molecule has 7 heteroatoms. The van der Waals surface area contributed by atoms with E-state index in [-0.39, 0.29) is 17.5 Å². The number of fused-ring (bicyclic) bond motifs is 2. The van der Waals surface area contributed by atoms with Gasteiger partial charge in [-0.15, -0.1) is 11.3 Å². The molecule has 0 aliphatic carbocycles. The summed E-state index contributed by atoms with van der Waals surface area (Å²) < 4.78 is 7.71. The topological polar surface area (TPSA) is 63.9 Å². The summed E-state index contributed by atoms with van der Waals surface area (Å²) in [5.74, 6) is 0.464. The van der Waals surface area contributed by atoms with Crippen LogP contribution < -0.4 is 5.56 Å². The number of pyridine rings is 1. The first-order chi connectivity index (χ1) is 14.2. The van der Waals surface area contributed by atoms with E-state index in [1.54, 1.807) is 16.7 Å². The van der Waals surface area contributed by atoms with Gasteiger partial charge in [0.15, 0.2) is 0 Å². The van der Waals surface area contributed by atoms with Gasteiger partial charge >= 0.3 is 0 Å². The van der Waals surface area contributed by atoms with Gasteiger partial charge in [-0.3, -0.25) is 14.0 Å². The Morgan fingerprint density at radius 2 is 2.20 bits per heavy atom. The molecule has 3 aromatic rings. The normalized spacial score (nSPS) is 21.9. The Labute approximate surface area is 180 Å². The van der Waals surface area contributed by atoms with Gasteiger partial charge in [0, 0.05) is 6.20 Å². The lowest BCUT2D eigenvalue weighted by Crippen LogP contribution is -2.49. The van der Waals surface area contributed by atoms with E-state index in [1.807, 2.05) is 30.9 Å². The molecule has 0 spiro atoms. The van der Waals surface area contributed by atoms with Crippen LogP contribution in [-0.2, 0) is 4.74 Å². The largest absolute Gasteiger partial charge is 0.354 e. The first-order valence-electron chi connectivity index (χ1n) is 10.6. The summed E-state index contributed by atoms with van der Waals surface area (Å²) in [6.07, 6.45) is 4.33. The van der Waals surface area contributed by atoms with Crippen LogP contribution in [0.5, 0.6) is 0 Å². The average Bonchev–Trinajstić information content (AvgIpc) is 3.29. The lowest BCUT2D eigenvalue weighted by molar-refractivity contribution is -0.0639. The van der Waals surface area contributed by atoms with Crippen molar-refractivity contribution in [3.8, 4) is 0 Å². The van der Waals surface area contributed by atoms with E-state index in [1.165, 1.54) is 11.3 Å². The monoisotopic (exact) mass is 427 g/mol. The number of rotatable bonds is 5. The molecule has 0 aromatic carbocycles. The van der Waals surface area contributed by atoms with Crippen molar-refractivity contribution in [2.75, 3.05) is 6.61 Å². The predicted molar refractivity (Wildman–Crippen MR) is 120 cm³/mol. The number of aryl methyl sites for hydroxylation is 1. The van der Waals surface area contributed by atoms with Crippen LogP contribution in [0.2, 0.25) is 0 Å². The maximum Gasteiger partial charge on any atom is 0.266 e. The number of hydrogen-bond donors (Lipinski definition) is 0. The molecule has 1 aliphatic rings. The highest BCUT2D eigenvalue weighted by Crippen LogP contribution is 2.37. The first-order valence-corrected chi connectivity index (χ1v) is 11.5. The van der Waals surface area contributed by atoms with E-state index in [9.17, 15) is 9.59 Å². The van der Waals surface area contributed by atoms with Crippen LogP contribution in [0.3, 0.4) is 0 Å². The standard InChI is InChI=1S/C23H29N3O3S/c1-6-16-13-29-23(5,10-9-14(2)3)26(16)22(28)18-12-17-20(30-18)24-19-15(4)8-7-11-25(19)21(17)27/h7-8,11-12,14,16H,6,9-10,13H2,1-5H3/t16-,23-/m1/s1. The maximum atomic E-state index is 13.6. The zero-order chi connectivity index (χ0) is 21.6. The molecule has 0 bridgehead atoms. The van der Waals surface area contributed by atoms with Gasteiger partial charge in [0.2, 0.25) is 0 Å². The van der Waals surface area contributed by atoms with E-state index in [0.29, 0.717) is 33.3 Å². The van der Waals surface area contributed by atoms with Crippen molar-refractivity contribution in [1.29, 1.82) is 0 Å². The third-order valence-electron chi connectivity index (χ3n) is 6.08. The Kier molecular flexibility index (Phi) is 5.45. The molecule has 30 heavy (non-hydrogen) atoms. The molecule has 0 radical (unpaired) electrons. The molecule has 1 amide bonds. The summed E-state index contributed by atoms with van der Waals surface area (Å²) in [4.78, 5) is 34.4. The summed E-state index contributed by atoms with van der Waals surface area (Å²) in [5, 5.41) is 0.489. The average molecular weight is 428 g/mol. The first kappa shape index (κ1) is 21.0. The van der Waals surface area contributed by atoms with Crippen LogP contribution >= 0.6 is 11.3 Å². The maximum absolute atomic E-state index is 13.6. The summed E-state index contributed by atoms with van der Waals surface area (Å²) >= 11 is 1.30. The number of nitrogens with zero attached hydrogens (tertiary/aromatic N) is 3. The summed E-state index contributed by atoms with van der Waals surface area (Å²) in [5.41, 5.74) is 0.801. The van der Waals surface area contributed by atoms with Gasteiger partial charge in [0.1, 0.15) is 16.2 Å². The molecule has 4 rings (SSSR count). The SMILES string of the molecule is CC[C@@H]1CO[C@](C)(CCC(C)C)N1C(=O)c1cc2c(=O)n3cccc(C)c3nc2s1. The second-order valence-electron chi connectivity index (χ2n) is 8.79. The molecule has 0 saturated carbocycles. The second-order valence-corrected chi connectivity index (χ2v) is 9.82. The van der Waals surface area contributed by atoms with Gasteiger partial charge in [0.05, 0.1) is 22.9 Å². The molecule has 1 saturated heterocycles. The van der Waals surface area contributed by atoms with E-state index in [0.717, 1.165) is 24.8 Å². The fourth-order valence-electron chi connectivity index (χ4n) is 4.22. The minimum atomic E-state index is -0.623. The molecular weight excluding hydrogens is 398 g/mol. The number of hydrogen-bond acceptors (Lipinski definition) is 5. The summed E-state index contributed by atoms with van der Waals surface area (Å²) in [7, 11) is 0. The van der Waals surface area contributed by atoms with Crippen LogP contribution in [0.4, 0.5) is 0 Å². The van der Waals surface area contributed by atoms with Crippen LogP contribution in [0.15, 0.2) is 29.2 Å². The van der Waals surface area contributed by atoms with Crippen molar-refractivity contribution >= 4 is 33.1 Å². The minimum absolute atomic E-state index is 0.0373.